The molecule has 1 fully saturated rings. The van der Waals surface area contributed by atoms with Crippen molar-refractivity contribution in [1.82, 2.24) is 10.2 Å². The Balaban J connectivity index is 2.26. The van der Waals surface area contributed by atoms with Gasteiger partial charge < -0.3 is 5.32 Å². The molecule has 4 heteroatoms. The minimum atomic E-state index is 0.0513. The number of carbonyl (C=O) groups is 1. The molecule has 13 heavy (non-hydrogen) atoms. The fourth-order valence-electron chi connectivity index (χ4n) is 1.50. The first-order chi connectivity index (χ1) is 6.26. The van der Waals surface area contributed by atoms with Crippen LogP contribution in [0.1, 0.15) is 12.8 Å². The highest BCUT2D eigenvalue weighted by atomic mass is 16.1. The van der Waals surface area contributed by atoms with Crippen molar-refractivity contribution in [2.45, 2.75) is 12.8 Å². The SMILES string of the molecule is CNC(=O)CN1CCC(C#N)CC1. The maximum atomic E-state index is 11.0. The molecule has 1 rings (SSSR count). The first kappa shape index (κ1) is 10.0. The lowest BCUT2D eigenvalue weighted by atomic mass is 9.99. The third-order valence-electron chi connectivity index (χ3n) is 2.42. The molecule has 0 atom stereocenters. The molecule has 0 aromatic carbocycles. The highest BCUT2D eigenvalue weighted by molar-refractivity contribution is 5.77. The van der Waals surface area contributed by atoms with Crippen LogP contribution >= 0.6 is 0 Å². The molecule has 0 aromatic rings. The van der Waals surface area contributed by atoms with Crippen LogP contribution in [0.4, 0.5) is 0 Å². The van der Waals surface area contributed by atoms with Crippen molar-refractivity contribution in [1.29, 1.82) is 5.26 Å². The molecule has 1 aliphatic heterocycles. The van der Waals surface area contributed by atoms with E-state index in [0.29, 0.717) is 6.54 Å². The summed E-state index contributed by atoms with van der Waals surface area (Å²) in [5, 5.41) is 11.2. The predicted molar refractivity (Wildman–Crippen MR) is 48.8 cm³/mol. The fraction of sp³-hybridized carbons (Fsp3) is 0.778. The lowest BCUT2D eigenvalue weighted by Gasteiger charge is -2.27. The third-order valence-corrected chi connectivity index (χ3v) is 2.42. The van der Waals surface area contributed by atoms with Crippen LogP contribution in [0.25, 0.3) is 0 Å². The number of hydrogen-bond acceptors (Lipinski definition) is 3. The van der Waals surface area contributed by atoms with E-state index in [1.807, 2.05) is 0 Å². The second-order valence-electron chi connectivity index (χ2n) is 3.35. The van der Waals surface area contributed by atoms with E-state index in [0.717, 1.165) is 25.9 Å². The van der Waals surface area contributed by atoms with Crippen LogP contribution in [-0.4, -0.2) is 37.5 Å². The van der Waals surface area contributed by atoms with E-state index in [2.05, 4.69) is 16.3 Å². The number of rotatable bonds is 2. The summed E-state index contributed by atoms with van der Waals surface area (Å²) < 4.78 is 0. The maximum absolute atomic E-state index is 11.0. The van der Waals surface area contributed by atoms with E-state index in [9.17, 15) is 4.79 Å². The van der Waals surface area contributed by atoms with Crippen molar-refractivity contribution in [2.24, 2.45) is 5.92 Å². The average Bonchev–Trinajstić information content (AvgIpc) is 2.19. The summed E-state index contributed by atoms with van der Waals surface area (Å²) in [6, 6.07) is 2.26. The molecule has 0 bridgehead atoms. The number of likely N-dealkylation sites (N-methyl/N-ethyl adjacent to an activating group) is 1. The molecule has 0 unspecified atom stereocenters. The molecule has 0 radical (unpaired) electrons. The Morgan fingerprint density at radius 1 is 1.62 bits per heavy atom. The molecule has 0 aliphatic carbocycles. The van der Waals surface area contributed by atoms with Crippen molar-refractivity contribution in [3.63, 3.8) is 0 Å². The Morgan fingerprint density at radius 2 is 2.23 bits per heavy atom. The van der Waals surface area contributed by atoms with E-state index in [4.69, 9.17) is 5.26 Å². The highest BCUT2D eigenvalue weighted by Crippen LogP contribution is 2.15. The van der Waals surface area contributed by atoms with Gasteiger partial charge in [0.05, 0.1) is 12.6 Å². The lowest BCUT2D eigenvalue weighted by Crippen LogP contribution is -2.40. The van der Waals surface area contributed by atoms with Crippen molar-refractivity contribution in [3.8, 4) is 6.07 Å². The standard InChI is InChI=1S/C9H15N3O/c1-11-9(13)7-12-4-2-8(6-10)3-5-12/h8H,2-5,7H2,1H3,(H,11,13). The Kier molecular flexibility index (Phi) is 3.71. The Morgan fingerprint density at radius 3 is 2.69 bits per heavy atom. The van der Waals surface area contributed by atoms with Crippen LogP contribution in [0, 0.1) is 17.2 Å². The molecule has 4 nitrogen and oxygen atoms in total. The molecule has 1 amide bonds. The van der Waals surface area contributed by atoms with Crippen molar-refractivity contribution < 1.29 is 4.79 Å². The smallest absolute Gasteiger partial charge is 0.233 e. The molecule has 1 heterocycles. The topological polar surface area (TPSA) is 56.1 Å². The molecule has 0 saturated carbocycles. The lowest BCUT2D eigenvalue weighted by molar-refractivity contribution is -0.122. The maximum Gasteiger partial charge on any atom is 0.233 e. The average molecular weight is 181 g/mol. The van der Waals surface area contributed by atoms with E-state index >= 15 is 0 Å². The second kappa shape index (κ2) is 4.83. The van der Waals surface area contributed by atoms with Gasteiger partial charge in [0.25, 0.3) is 0 Å². The summed E-state index contributed by atoms with van der Waals surface area (Å²) >= 11 is 0. The van der Waals surface area contributed by atoms with Crippen molar-refractivity contribution in [3.05, 3.63) is 0 Å². The quantitative estimate of drug-likeness (QED) is 0.650. The van der Waals surface area contributed by atoms with E-state index in [-0.39, 0.29) is 11.8 Å². The molecule has 0 aromatic heterocycles. The van der Waals surface area contributed by atoms with Gasteiger partial charge in [-0.1, -0.05) is 0 Å². The van der Waals surface area contributed by atoms with Crippen molar-refractivity contribution in [2.75, 3.05) is 26.7 Å². The van der Waals surface area contributed by atoms with Crippen LogP contribution in [0.5, 0.6) is 0 Å². The predicted octanol–water partition coefficient (Wildman–Crippen LogP) is -0.0320. The fourth-order valence-corrected chi connectivity index (χ4v) is 1.50. The first-order valence-corrected chi connectivity index (χ1v) is 4.59. The molecule has 1 N–H and O–H groups in total. The van der Waals surface area contributed by atoms with Crippen LogP contribution in [-0.2, 0) is 4.79 Å². The van der Waals surface area contributed by atoms with Gasteiger partial charge in [-0.2, -0.15) is 5.26 Å². The molecule has 0 spiro atoms. The summed E-state index contributed by atoms with van der Waals surface area (Å²) in [7, 11) is 1.64. The Labute approximate surface area is 78.5 Å². The summed E-state index contributed by atoms with van der Waals surface area (Å²) in [6.45, 7) is 2.20. The normalized spacial score (nSPS) is 19.4. The molecular weight excluding hydrogens is 166 g/mol. The first-order valence-electron chi connectivity index (χ1n) is 4.59. The zero-order valence-electron chi connectivity index (χ0n) is 7.92. The van der Waals surface area contributed by atoms with Gasteiger partial charge in [-0.15, -0.1) is 0 Å². The number of likely N-dealkylation sites (tertiary alicyclic amines) is 1. The zero-order chi connectivity index (χ0) is 9.68. The van der Waals surface area contributed by atoms with Gasteiger partial charge in [-0.05, 0) is 25.9 Å². The number of carbonyl (C=O) groups excluding carboxylic acids is 1. The monoisotopic (exact) mass is 181 g/mol. The van der Waals surface area contributed by atoms with Gasteiger partial charge in [0, 0.05) is 13.0 Å². The number of nitrogens with one attached hydrogen (secondary N) is 1. The van der Waals surface area contributed by atoms with Crippen LogP contribution < -0.4 is 5.32 Å². The Hall–Kier alpha value is -1.08. The van der Waals surface area contributed by atoms with Gasteiger partial charge in [-0.3, -0.25) is 9.69 Å². The van der Waals surface area contributed by atoms with Gasteiger partial charge in [0.2, 0.25) is 5.91 Å². The number of piperidine rings is 1. The molecule has 72 valence electrons. The molecule has 1 saturated heterocycles. The summed E-state index contributed by atoms with van der Waals surface area (Å²) in [5.74, 6) is 0.247. The Bertz CT molecular complexity index is 213. The number of amides is 1. The number of hydrogen-bond donors (Lipinski definition) is 1. The summed E-state index contributed by atoms with van der Waals surface area (Å²) in [4.78, 5) is 13.1. The van der Waals surface area contributed by atoms with Gasteiger partial charge >= 0.3 is 0 Å². The minimum Gasteiger partial charge on any atom is -0.358 e. The van der Waals surface area contributed by atoms with Crippen LogP contribution in [0.2, 0.25) is 0 Å². The summed E-state index contributed by atoms with van der Waals surface area (Å²) in [5.41, 5.74) is 0. The van der Waals surface area contributed by atoms with E-state index < -0.39 is 0 Å². The minimum absolute atomic E-state index is 0.0513. The third kappa shape index (κ3) is 3.03. The second-order valence-corrected chi connectivity index (χ2v) is 3.35. The van der Waals surface area contributed by atoms with Crippen LogP contribution in [0.3, 0.4) is 0 Å². The van der Waals surface area contributed by atoms with Gasteiger partial charge in [0.15, 0.2) is 0 Å². The van der Waals surface area contributed by atoms with Gasteiger partial charge in [0.1, 0.15) is 0 Å². The van der Waals surface area contributed by atoms with Crippen molar-refractivity contribution >= 4 is 5.91 Å². The number of nitrogens with zero attached hydrogens (tertiary/aromatic N) is 2. The van der Waals surface area contributed by atoms with E-state index in [1.54, 1.807) is 7.05 Å². The number of nitriles is 1. The highest BCUT2D eigenvalue weighted by Gasteiger charge is 2.19. The zero-order valence-corrected chi connectivity index (χ0v) is 7.92. The summed E-state index contributed by atoms with van der Waals surface area (Å²) in [6.07, 6.45) is 1.79. The van der Waals surface area contributed by atoms with Crippen LogP contribution in [0.15, 0.2) is 0 Å². The molecular formula is C9H15N3O. The largest absolute Gasteiger partial charge is 0.358 e. The van der Waals surface area contributed by atoms with Gasteiger partial charge in [-0.25, -0.2) is 0 Å². The molecule has 1 aliphatic rings. The van der Waals surface area contributed by atoms with E-state index in [1.165, 1.54) is 0 Å².